The van der Waals surface area contributed by atoms with Gasteiger partial charge in [0.15, 0.2) is 5.78 Å². The van der Waals surface area contributed by atoms with Gasteiger partial charge in [0.05, 0.1) is 29.8 Å². The molecule has 8 nitrogen and oxygen atoms in total. The number of nitrogens with one attached hydrogen (secondary N) is 1. The highest BCUT2D eigenvalue weighted by Gasteiger charge is 2.39. The van der Waals surface area contributed by atoms with Crippen molar-refractivity contribution in [3.63, 3.8) is 0 Å². The van der Waals surface area contributed by atoms with Crippen LogP contribution in [-0.2, 0) is 9.59 Å². The molecule has 174 valence electrons. The van der Waals surface area contributed by atoms with Crippen molar-refractivity contribution in [3.05, 3.63) is 24.0 Å². The molecule has 4 atom stereocenters. The van der Waals surface area contributed by atoms with Gasteiger partial charge in [0.1, 0.15) is 11.8 Å². The summed E-state index contributed by atoms with van der Waals surface area (Å²) in [5, 5.41) is 10.5. The van der Waals surface area contributed by atoms with E-state index in [-0.39, 0.29) is 49.1 Å². The van der Waals surface area contributed by atoms with E-state index >= 15 is 0 Å². The fourth-order valence-corrected chi connectivity index (χ4v) is 5.01. The quantitative estimate of drug-likeness (QED) is 0.641. The van der Waals surface area contributed by atoms with Gasteiger partial charge in [-0.1, -0.05) is 13.3 Å². The summed E-state index contributed by atoms with van der Waals surface area (Å²) in [6.45, 7) is 2.39. The van der Waals surface area contributed by atoms with Crippen molar-refractivity contribution in [2.75, 3.05) is 13.7 Å². The fourth-order valence-electron chi connectivity index (χ4n) is 5.01. The molecule has 2 fully saturated rings. The lowest BCUT2D eigenvalue weighted by Crippen LogP contribution is -2.50. The Morgan fingerprint density at radius 2 is 2.27 bits per heavy atom. The molecule has 0 spiro atoms. The van der Waals surface area contributed by atoms with Gasteiger partial charge in [-0.2, -0.15) is 5.26 Å². The fraction of sp³-hybridized carbons (Fsp3) is 0.560. The molecule has 2 aromatic rings. The smallest absolute Gasteiger partial charge is 0.227 e. The van der Waals surface area contributed by atoms with Gasteiger partial charge in [-0.3, -0.25) is 14.4 Å². The number of ketones is 2. The van der Waals surface area contributed by atoms with Crippen molar-refractivity contribution in [3.8, 4) is 11.9 Å². The van der Waals surface area contributed by atoms with Gasteiger partial charge < -0.3 is 14.6 Å². The number of piperidine rings is 1. The van der Waals surface area contributed by atoms with E-state index in [1.807, 2.05) is 6.92 Å². The molecule has 1 aliphatic carbocycles. The summed E-state index contributed by atoms with van der Waals surface area (Å²) >= 11 is 0. The number of nitrogens with zero attached hydrogens (tertiary/aromatic N) is 3. The molecule has 4 rings (SSSR count). The van der Waals surface area contributed by atoms with Crippen molar-refractivity contribution < 1.29 is 21.9 Å². The van der Waals surface area contributed by atoms with Crippen LogP contribution < -0.4 is 4.74 Å². The van der Waals surface area contributed by atoms with Gasteiger partial charge in [0.25, 0.3) is 0 Å². The molecule has 2 aliphatic rings. The first kappa shape index (κ1) is 20.4. The molecule has 1 amide bonds. The summed E-state index contributed by atoms with van der Waals surface area (Å²) in [6.07, 6.45) is 1.36. The lowest BCUT2D eigenvalue weighted by atomic mass is 9.81. The number of Topliss-reactive ketones (excluding diaryl/α,β-unsaturated/α-hetero) is 2. The van der Waals surface area contributed by atoms with Crippen molar-refractivity contribution in [1.82, 2.24) is 14.9 Å². The zero-order valence-electron chi connectivity index (χ0n) is 21.0. The number of carbonyl (C=O) groups is 3. The van der Waals surface area contributed by atoms with E-state index in [2.05, 4.69) is 16.0 Å². The third-order valence-electron chi connectivity index (χ3n) is 6.72. The number of fused-ring (bicyclic) bond motifs is 1. The van der Waals surface area contributed by atoms with E-state index in [0.29, 0.717) is 36.3 Å². The molecular formula is C25H30N4O4. The number of H-pyrrole nitrogens is 1. The van der Waals surface area contributed by atoms with E-state index in [0.717, 1.165) is 5.52 Å². The molecular weight excluding hydrogens is 420 g/mol. The third kappa shape index (κ3) is 4.77. The maximum Gasteiger partial charge on any atom is 0.227 e. The normalized spacial score (nSPS) is 26.9. The van der Waals surface area contributed by atoms with Crippen LogP contribution in [0.2, 0.25) is 0 Å². The van der Waals surface area contributed by atoms with Crippen LogP contribution >= 0.6 is 0 Å². The minimum atomic E-state index is -1.50. The molecule has 1 unspecified atom stereocenters. The van der Waals surface area contributed by atoms with Gasteiger partial charge in [0, 0.05) is 40.2 Å². The molecule has 1 aliphatic heterocycles. The lowest BCUT2D eigenvalue weighted by Gasteiger charge is -2.39. The van der Waals surface area contributed by atoms with Gasteiger partial charge >= 0.3 is 0 Å². The number of likely N-dealkylation sites (tertiary alicyclic amines) is 1. The first-order chi connectivity index (χ1) is 16.6. The molecule has 1 N–H and O–H groups in total. The first-order valence-electron chi connectivity index (χ1n) is 12.4. The first-order valence-corrected chi connectivity index (χ1v) is 11.4. The molecule has 1 saturated carbocycles. The monoisotopic (exact) mass is 452 g/mol. The van der Waals surface area contributed by atoms with Crippen LogP contribution in [0.4, 0.5) is 0 Å². The number of aromatic nitrogens is 2. The van der Waals surface area contributed by atoms with E-state index in [9.17, 15) is 19.6 Å². The number of nitriles is 1. The Hall–Kier alpha value is -3.21. The molecule has 8 heteroatoms. The van der Waals surface area contributed by atoms with Crippen molar-refractivity contribution in [1.29, 1.82) is 5.26 Å². The second-order valence-corrected chi connectivity index (χ2v) is 9.13. The summed E-state index contributed by atoms with van der Waals surface area (Å²) < 4.78 is 20.9. The Morgan fingerprint density at radius 1 is 1.45 bits per heavy atom. The van der Waals surface area contributed by atoms with Crippen LogP contribution in [0.25, 0.3) is 10.9 Å². The number of ether oxygens (including phenoxy) is 1. The third-order valence-corrected chi connectivity index (χ3v) is 6.72. The minimum Gasteiger partial charge on any atom is -0.481 e. The zero-order chi connectivity index (χ0) is 25.3. The molecule has 0 aromatic carbocycles. The van der Waals surface area contributed by atoms with Crippen molar-refractivity contribution >= 4 is 28.4 Å². The van der Waals surface area contributed by atoms with Crippen LogP contribution in [0.3, 0.4) is 0 Å². The van der Waals surface area contributed by atoms with Crippen molar-refractivity contribution in [2.45, 2.75) is 57.9 Å². The predicted molar refractivity (Wildman–Crippen MR) is 122 cm³/mol. The Labute approximate surface area is 196 Å². The number of methoxy groups -OCH3 is 1. The van der Waals surface area contributed by atoms with E-state index in [1.165, 1.54) is 12.0 Å². The number of hydrogen-bond donors (Lipinski definition) is 1. The summed E-state index contributed by atoms with van der Waals surface area (Å²) in [5.74, 6) is -1.09. The summed E-state index contributed by atoms with van der Waals surface area (Å²) in [6, 6.07) is 4.85. The molecule has 1 saturated heterocycles. The second kappa shape index (κ2) is 9.74. The number of amides is 1. The molecule has 33 heavy (non-hydrogen) atoms. The van der Waals surface area contributed by atoms with Gasteiger partial charge in [-0.15, -0.1) is 0 Å². The van der Waals surface area contributed by atoms with Crippen LogP contribution in [0.1, 0.15) is 65.1 Å². The lowest BCUT2D eigenvalue weighted by molar-refractivity contribution is -0.142. The van der Waals surface area contributed by atoms with E-state index in [4.69, 9.17) is 7.48 Å². The molecule has 0 radical (unpaired) electrons. The van der Waals surface area contributed by atoms with Crippen LogP contribution in [-0.4, -0.2) is 52.0 Å². The summed E-state index contributed by atoms with van der Waals surface area (Å²) in [7, 11) is 1.51. The maximum atomic E-state index is 13.4. The van der Waals surface area contributed by atoms with E-state index in [1.54, 1.807) is 18.3 Å². The standard InChI is InChI=1S/C25H30N4O4/c1-15-9-17(11-23(31)21-12-19-20(28-21)7-8-27-24(19)33-2)25(32)29(14-15)18(13-26)10-16-5-3-4-6-22(16)30/h7-8,12,15-18,28H,3-6,9-11,14H2,1-2H3/t15?,16-,17+,18-/m0/s1/i4D2. The Bertz CT molecular complexity index is 1190. The topological polar surface area (TPSA) is 116 Å². The highest BCUT2D eigenvalue weighted by molar-refractivity contribution is 6.02. The number of hydrogen-bond acceptors (Lipinski definition) is 6. The number of rotatable bonds is 7. The van der Waals surface area contributed by atoms with Gasteiger partial charge in [-0.05, 0) is 43.7 Å². The van der Waals surface area contributed by atoms with Crippen LogP contribution in [0, 0.1) is 29.1 Å². The average molecular weight is 453 g/mol. The van der Waals surface area contributed by atoms with Crippen LogP contribution in [0.5, 0.6) is 5.88 Å². The van der Waals surface area contributed by atoms with E-state index < -0.39 is 24.3 Å². The molecule has 0 bridgehead atoms. The molecule has 2 aromatic heterocycles. The number of aromatic amines is 1. The van der Waals surface area contributed by atoms with Crippen LogP contribution in [0.15, 0.2) is 18.3 Å². The highest BCUT2D eigenvalue weighted by atomic mass is 16.5. The second-order valence-electron chi connectivity index (χ2n) is 9.13. The Kier molecular flexibility index (Phi) is 6.02. The van der Waals surface area contributed by atoms with Gasteiger partial charge in [-0.25, -0.2) is 4.98 Å². The SMILES string of the molecule is [2H]C1([2H])CC[C@@H](C[C@@H](C#N)N2CC(C)C[C@H](CC(=O)c3cc4c(OC)nccc4[nH]3)C2=O)C(=O)C1. The molecule has 3 heterocycles. The van der Waals surface area contributed by atoms with Crippen molar-refractivity contribution in [2.24, 2.45) is 17.8 Å². The minimum absolute atomic E-state index is 0.0168. The Balaban J connectivity index is 1.47. The van der Waals surface area contributed by atoms with Gasteiger partial charge in [0.2, 0.25) is 11.8 Å². The summed E-state index contributed by atoms with van der Waals surface area (Å²) in [4.78, 5) is 47.7. The largest absolute Gasteiger partial charge is 0.481 e. The maximum absolute atomic E-state index is 13.4. The number of carbonyl (C=O) groups excluding carboxylic acids is 3. The predicted octanol–water partition coefficient (Wildman–Crippen LogP) is 3.67. The Morgan fingerprint density at radius 3 is 3.00 bits per heavy atom. The summed E-state index contributed by atoms with van der Waals surface area (Å²) in [5.41, 5.74) is 1.10. The highest BCUT2D eigenvalue weighted by Crippen LogP contribution is 2.32. The zero-order valence-corrected chi connectivity index (χ0v) is 19.0. The average Bonchev–Trinajstić information content (AvgIpc) is 3.25. The number of pyridine rings is 1.